The smallest absolute Gasteiger partial charge is 0.407 e. The molecule has 1 aliphatic rings. The molecule has 8 nitrogen and oxygen atoms in total. The minimum Gasteiger partial charge on any atom is -0.476 e. The van der Waals surface area contributed by atoms with E-state index in [1.54, 1.807) is 0 Å². The van der Waals surface area contributed by atoms with Gasteiger partial charge in [0.2, 0.25) is 5.91 Å². The largest absolute Gasteiger partial charge is 0.476 e. The number of amides is 2. The number of carboxylic acids is 1. The van der Waals surface area contributed by atoms with Crippen LogP contribution in [0.15, 0.2) is 53.9 Å². The number of alkyl carbamates (subject to hydrolysis) is 1. The molecule has 2 amide bonds. The lowest BCUT2D eigenvalue weighted by Gasteiger charge is -2.14. The Labute approximate surface area is 211 Å². The minimum absolute atomic E-state index is 0.0197. The van der Waals surface area contributed by atoms with E-state index in [1.807, 2.05) is 24.3 Å². The van der Waals surface area contributed by atoms with Crippen LogP contribution in [-0.4, -0.2) is 59.3 Å². The van der Waals surface area contributed by atoms with Crippen molar-refractivity contribution in [3.63, 3.8) is 0 Å². The van der Waals surface area contributed by atoms with Crippen molar-refractivity contribution in [3.8, 4) is 11.1 Å². The van der Waals surface area contributed by atoms with Gasteiger partial charge in [0, 0.05) is 36.6 Å². The first-order valence-electron chi connectivity index (χ1n) is 11.1. The fraction of sp³-hybridized carbons (Fsp3) is 0.280. The van der Waals surface area contributed by atoms with Crippen LogP contribution >= 0.6 is 23.1 Å². The van der Waals surface area contributed by atoms with Crippen LogP contribution < -0.4 is 10.6 Å². The average Bonchev–Trinajstić information content (AvgIpc) is 3.46. The number of carboxylic acid groups (broad SMARTS) is 1. The van der Waals surface area contributed by atoms with E-state index in [9.17, 15) is 14.4 Å². The van der Waals surface area contributed by atoms with E-state index in [4.69, 9.17) is 9.84 Å². The van der Waals surface area contributed by atoms with E-state index in [0.717, 1.165) is 0 Å². The maximum atomic E-state index is 12.2. The number of carbonyl (C=O) groups excluding carboxylic acids is 2. The standard InChI is InChI=1S/C25H25N3O5S2/c29-22(26-10-9-23-28-21(14-35-23)24(30)31)15-34-12-11-27-25(32)33-13-20-18-7-3-1-5-16(18)17-6-2-4-8-19(17)20/h1-8,14,20H,9-13,15H2,(H,26,29)(H,27,32)(H,30,31). The highest BCUT2D eigenvalue weighted by atomic mass is 32.2. The molecule has 182 valence electrons. The third-order valence-corrected chi connectivity index (χ3v) is 7.39. The number of carbonyl (C=O) groups is 3. The molecule has 0 unspecified atom stereocenters. The zero-order valence-corrected chi connectivity index (χ0v) is 20.5. The van der Waals surface area contributed by atoms with E-state index in [1.165, 1.54) is 50.7 Å². The zero-order valence-electron chi connectivity index (χ0n) is 18.9. The first kappa shape index (κ1) is 24.7. The molecule has 3 N–H and O–H groups in total. The summed E-state index contributed by atoms with van der Waals surface area (Å²) in [7, 11) is 0. The van der Waals surface area contributed by atoms with Gasteiger partial charge in [0.05, 0.1) is 10.8 Å². The van der Waals surface area contributed by atoms with Crippen molar-refractivity contribution in [1.29, 1.82) is 0 Å². The summed E-state index contributed by atoms with van der Waals surface area (Å²) in [5.41, 5.74) is 4.73. The van der Waals surface area contributed by atoms with E-state index < -0.39 is 12.1 Å². The van der Waals surface area contributed by atoms with Crippen molar-refractivity contribution >= 4 is 41.1 Å². The molecule has 4 rings (SSSR count). The summed E-state index contributed by atoms with van der Waals surface area (Å²) in [6.45, 7) is 1.05. The van der Waals surface area contributed by atoms with Crippen LogP contribution in [-0.2, 0) is 16.0 Å². The van der Waals surface area contributed by atoms with Crippen molar-refractivity contribution in [2.75, 3.05) is 31.2 Å². The molecule has 0 spiro atoms. The fourth-order valence-electron chi connectivity index (χ4n) is 3.92. The molecule has 3 aromatic rings. The Hall–Kier alpha value is -3.37. The van der Waals surface area contributed by atoms with Crippen molar-refractivity contribution < 1.29 is 24.2 Å². The van der Waals surface area contributed by atoms with Gasteiger partial charge in [-0.3, -0.25) is 4.79 Å². The van der Waals surface area contributed by atoms with E-state index in [2.05, 4.69) is 39.9 Å². The molecule has 0 atom stereocenters. The minimum atomic E-state index is -1.06. The number of nitrogens with zero attached hydrogens (tertiary/aromatic N) is 1. The number of rotatable bonds is 11. The van der Waals surface area contributed by atoms with Crippen molar-refractivity contribution in [2.45, 2.75) is 12.3 Å². The summed E-state index contributed by atoms with van der Waals surface area (Å²) in [5.74, 6) is -0.312. The summed E-state index contributed by atoms with van der Waals surface area (Å²) in [4.78, 5) is 38.9. The topological polar surface area (TPSA) is 118 Å². The predicted octanol–water partition coefficient (Wildman–Crippen LogP) is 3.77. The number of thioether (sulfide) groups is 1. The molecule has 0 radical (unpaired) electrons. The summed E-state index contributed by atoms with van der Waals surface area (Å²) >= 11 is 2.67. The van der Waals surface area contributed by atoms with Gasteiger partial charge in [-0.2, -0.15) is 11.8 Å². The van der Waals surface area contributed by atoms with Gasteiger partial charge in [-0.05, 0) is 22.3 Å². The van der Waals surface area contributed by atoms with Gasteiger partial charge in [-0.15, -0.1) is 11.3 Å². The molecule has 1 heterocycles. The number of hydrogen-bond acceptors (Lipinski definition) is 7. The van der Waals surface area contributed by atoms with Crippen LogP contribution in [0, 0.1) is 0 Å². The molecule has 0 fully saturated rings. The van der Waals surface area contributed by atoms with E-state index in [0.29, 0.717) is 30.3 Å². The number of benzene rings is 2. The maximum absolute atomic E-state index is 12.2. The predicted molar refractivity (Wildman–Crippen MR) is 136 cm³/mol. The molecule has 0 saturated carbocycles. The highest BCUT2D eigenvalue weighted by molar-refractivity contribution is 7.99. The summed E-state index contributed by atoms with van der Waals surface area (Å²) < 4.78 is 5.50. The molecular weight excluding hydrogens is 486 g/mol. The number of thiazole rings is 1. The van der Waals surface area contributed by atoms with Gasteiger partial charge in [-0.25, -0.2) is 14.6 Å². The molecule has 2 aromatic carbocycles. The molecule has 0 aliphatic heterocycles. The van der Waals surface area contributed by atoms with Crippen LogP contribution in [0.4, 0.5) is 4.79 Å². The third-order valence-electron chi connectivity index (χ3n) is 5.52. The second-order valence-electron chi connectivity index (χ2n) is 7.84. The number of aromatic nitrogens is 1. The average molecular weight is 512 g/mol. The van der Waals surface area contributed by atoms with Gasteiger partial charge < -0.3 is 20.5 Å². The van der Waals surface area contributed by atoms with Crippen LogP contribution in [0.1, 0.15) is 32.5 Å². The van der Waals surface area contributed by atoms with Crippen LogP contribution in [0.3, 0.4) is 0 Å². The molecular formula is C25H25N3O5S2. The fourth-order valence-corrected chi connectivity index (χ4v) is 5.37. The quantitative estimate of drug-likeness (QED) is 0.336. The Balaban J connectivity index is 1.10. The van der Waals surface area contributed by atoms with Gasteiger partial charge >= 0.3 is 12.1 Å². The maximum Gasteiger partial charge on any atom is 0.407 e. The van der Waals surface area contributed by atoms with Gasteiger partial charge in [0.1, 0.15) is 6.61 Å². The number of nitrogens with one attached hydrogen (secondary N) is 2. The Morgan fingerprint density at radius 1 is 1.00 bits per heavy atom. The van der Waals surface area contributed by atoms with Crippen LogP contribution in [0.2, 0.25) is 0 Å². The molecule has 0 bridgehead atoms. The Morgan fingerprint density at radius 2 is 1.69 bits per heavy atom. The Morgan fingerprint density at radius 3 is 2.34 bits per heavy atom. The van der Waals surface area contributed by atoms with E-state index in [-0.39, 0.29) is 29.9 Å². The highest BCUT2D eigenvalue weighted by Crippen LogP contribution is 2.44. The second kappa shape index (κ2) is 11.9. The van der Waals surface area contributed by atoms with Crippen LogP contribution in [0.5, 0.6) is 0 Å². The molecule has 0 saturated heterocycles. The second-order valence-corrected chi connectivity index (χ2v) is 9.88. The molecule has 10 heteroatoms. The van der Waals surface area contributed by atoms with E-state index >= 15 is 0 Å². The zero-order chi connectivity index (χ0) is 24.6. The van der Waals surface area contributed by atoms with Crippen molar-refractivity contribution in [1.82, 2.24) is 15.6 Å². The third kappa shape index (κ3) is 6.40. The monoisotopic (exact) mass is 511 g/mol. The Kier molecular flexibility index (Phi) is 8.38. The van der Waals surface area contributed by atoms with Gasteiger partial charge in [0.15, 0.2) is 5.69 Å². The molecule has 1 aliphatic carbocycles. The normalized spacial score (nSPS) is 12.0. The van der Waals surface area contributed by atoms with Crippen molar-refractivity contribution in [2.24, 2.45) is 0 Å². The Bertz CT molecular complexity index is 1170. The van der Waals surface area contributed by atoms with Gasteiger partial charge in [-0.1, -0.05) is 48.5 Å². The van der Waals surface area contributed by atoms with Gasteiger partial charge in [0.25, 0.3) is 0 Å². The summed E-state index contributed by atoms with van der Waals surface area (Å²) in [6.07, 6.45) is 0.0126. The summed E-state index contributed by atoms with van der Waals surface area (Å²) in [5, 5.41) is 16.5. The lowest BCUT2D eigenvalue weighted by Crippen LogP contribution is -2.29. The number of hydrogen-bond donors (Lipinski definition) is 3. The van der Waals surface area contributed by atoms with Crippen molar-refractivity contribution in [3.05, 3.63) is 75.7 Å². The number of aromatic carboxylic acids is 1. The summed E-state index contributed by atoms with van der Waals surface area (Å²) in [6, 6.07) is 16.4. The SMILES string of the molecule is O=C(CSCCNC(=O)OCC1c2ccccc2-c2ccccc21)NCCc1nc(C(=O)O)cs1. The van der Waals surface area contributed by atoms with Crippen LogP contribution in [0.25, 0.3) is 11.1 Å². The number of fused-ring (bicyclic) bond motifs is 3. The molecule has 35 heavy (non-hydrogen) atoms. The molecule has 1 aromatic heterocycles. The number of ether oxygens (including phenoxy) is 1. The first-order chi connectivity index (χ1) is 17.0. The lowest BCUT2D eigenvalue weighted by molar-refractivity contribution is -0.118. The highest BCUT2D eigenvalue weighted by Gasteiger charge is 2.28. The lowest BCUT2D eigenvalue weighted by atomic mass is 9.98. The first-order valence-corrected chi connectivity index (χ1v) is 13.2.